The number of nitrogens with zero attached hydrogens (tertiary/aromatic N) is 1. The van der Waals surface area contributed by atoms with Crippen LogP contribution in [-0.4, -0.2) is 10.9 Å². The maximum atomic E-state index is 13.0. The number of nitrogens with one attached hydrogen (secondary N) is 1. The molecule has 0 spiro atoms. The standard InChI is InChI=1S/C23H22N2O/c26-23(25-15-17-13-21(16-24-14-17)18-11-12-18)22(19-7-3-1-4-8-19)20-9-5-2-6-10-20/h1-10,13-14,16,18,22H,11-12,15H2,(H,25,26). The van der Waals surface area contributed by atoms with Crippen LogP contribution in [0.5, 0.6) is 0 Å². The smallest absolute Gasteiger partial charge is 0.232 e. The zero-order chi connectivity index (χ0) is 17.8. The zero-order valence-corrected chi connectivity index (χ0v) is 14.6. The Morgan fingerprint density at radius 3 is 2.15 bits per heavy atom. The van der Waals surface area contributed by atoms with E-state index in [4.69, 9.17) is 0 Å². The monoisotopic (exact) mass is 342 g/mol. The van der Waals surface area contributed by atoms with Crippen LogP contribution in [0.2, 0.25) is 0 Å². The molecule has 0 atom stereocenters. The van der Waals surface area contributed by atoms with Crippen molar-refractivity contribution >= 4 is 5.91 Å². The fraction of sp³-hybridized carbons (Fsp3) is 0.217. The molecule has 1 aliphatic carbocycles. The second kappa shape index (κ2) is 7.52. The molecule has 1 N–H and O–H groups in total. The van der Waals surface area contributed by atoms with Crippen molar-refractivity contribution in [3.05, 3.63) is 101 Å². The summed E-state index contributed by atoms with van der Waals surface area (Å²) in [6.07, 6.45) is 6.29. The normalized spacial score (nSPS) is 13.6. The average molecular weight is 342 g/mol. The minimum atomic E-state index is -0.308. The molecule has 4 rings (SSSR count). The first kappa shape index (κ1) is 16.5. The molecule has 1 aliphatic rings. The summed E-state index contributed by atoms with van der Waals surface area (Å²) in [6.45, 7) is 0.503. The average Bonchev–Trinajstić information content (AvgIpc) is 3.54. The molecule has 1 heterocycles. The third-order valence-electron chi connectivity index (χ3n) is 4.86. The van der Waals surface area contributed by atoms with Crippen LogP contribution in [0, 0.1) is 0 Å². The van der Waals surface area contributed by atoms with Gasteiger partial charge in [-0.3, -0.25) is 9.78 Å². The number of benzene rings is 2. The van der Waals surface area contributed by atoms with Crippen molar-refractivity contribution in [2.24, 2.45) is 0 Å². The molecule has 130 valence electrons. The van der Waals surface area contributed by atoms with E-state index in [0.717, 1.165) is 16.7 Å². The van der Waals surface area contributed by atoms with E-state index in [1.807, 2.05) is 73.1 Å². The highest BCUT2D eigenvalue weighted by Gasteiger charge is 2.24. The van der Waals surface area contributed by atoms with E-state index >= 15 is 0 Å². The molecule has 1 saturated carbocycles. The van der Waals surface area contributed by atoms with E-state index in [0.29, 0.717) is 12.5 Å². The maximum absolute atomic E-state index is 13.0. The van der Waals surface area contributed by atoms with Gasteiger partial charge in [-0.1, -0.05) is 66.7 Å². The lowest BCUT2D eigenvalue weighted by Gasteiger charge is -2.18. The Hall–Kier alpha value is -2.94. The molecule has 0 saturated heterocycles. The lowest BCUT2D eigenvalue weighted by Crippen LogP contribution is -2.29. The second-order valence-electron chi connectivity index (χ2n) is 6.87. The van der Waals surface area contributed by atoms with Gasteiger partial charge in [-0.15, -0.1) is 0 Å². The predicted octanol–water partition coefficient (Wildman–Crippen LogP) is 4.41. The summed E-state index contributed by atoms with van der Waals surface area (Å²) in [4.78, 5) is 17.4. The zero-order valence-electron chi connectivity index (χ0n) is 14.6. The van der Waals surface area contributed by atoms with Gasteiger partial charge in [0.1, 0.15) is 0 Å². The summed E-state index contributed by atoms with van der Waals surface area (Å²) in [5.74, 6) is 0.371. The van der Waals surface area contributed by atoms with Crippen LogP contribution in [0.1, 0.15) is 46.9 Å². The SMILES string of the molecule is O=C(NCc1cncc(C2CC2)c1)C(c1ccccc1)c1ccccc1. The Kier molecular flexibility index (Phi) is 4.78. The first-order chi connectivity index (χ1) is 12.8. The quantitative estimate of drug-likeness (QED) is 0.721. The minimum Gasteiger partial charge on any atom is -0.351 e. The van der Waals surface area contributed by atoms with Crippen LogP contribution in [-0.2, 0) is 11.3 Å². The van der Waals surface area contributed by atoms with Gasteiger partial charge in [0.15, 0.2) is 0 Å². The molecular weight excluding hydrogens is 320 g/mol. The number of carbonyl (C=O) groups is 1. The Morgan fingerprint density at radius 1 is 0.962 bits per heavy atom. The van der Waals surface area contributed by atoms with E-state index in [-0.39, 0.29) is 11.8 Å². The highest BCUT2D eigenvalue weighted by molar-refractivity contribution is 5.87. The lowest BCUT2D eigenvalue weighted by molar-refractivity contribution is -0.121. The molecule has 2 aromatic carbocycles. The van der Waals surface area contributed by atoms with E-state index in [1.165, 1.54) is 18.4 Å². The molecule has 0 bridgehead atoms. The summed E-state index contributed by atoms with van der Waals surface area (Å²) in [7, 11) is 0. The fourth-order valence-corrected chi connectivity index (χ4v) is 3.32. The van der Waals surface area contributed by atoms with Gasteiger partial charge >= 0.3 is 0 Å². The van der Waals surface area contributed by atoms with Gasteiger partial charge in [-0.05, 0) is 41.0 Å². The van der Waals surface area contributed by atoms with Gasteiger partial charge in [0, 0.05) is 18.9 Å². The molecule has 1 amide bonds. The van der Waals surface area contributed by atoms with E-state index < -0.39 is 0 Å². The van der Waals surface area contributed by atoms with Crippen molar-refractivity contribution in [3.63, 3.8) is 0 Å². The summed E-state index contributed by atoms with van der Waals surface area (Å²) in [5, 5.41) is 3.10. The Labute approximate surface area is 154 Å². The van der Waals surface area contributed by atoms with Crippen molar-refractivity contribution in [1.82, 2.24) is 10.3 Å². The van der Waals surface area contributed by atoms with Gasteiger partial charge in [0.25, 0.3) is 0 Å². The van der Waals surface area contributed by atoms with Crippen molar-refractivity contribution in [3.8, 4) is 0 Å². The van der Waals surface area contributed by atoms with Gasteiger partial charge in [0.05, 0.1) is 5.92 Å². The fourth-order valence-electron chi connectivity index (χ4n) is 3.32. The number of pyridine rings is 1. The highest BCUT2D eigenvalue weighted by atomic mass is 16.1. The molecule has 3 heteroatoms. The van der Waals surface area contributed by atoms with Crippen LogP contribution in [0.4, 0.5) is 0 Å². The molecule has 3 aromatic rings. The summed E-state index contributed by atoms with van der Waals surface area (Å²) in [5.41, 5.74) is 4.35. The number of carbonyl (C=O) groups excluding carboxylic acids is 1. The Bertz CT molecular complexity index is 833. The van der Waals surface area contributed by atoms with E-state index in [2.05, 4.69) is 16.4 Å². The molecule has 3 nitrogen and oxygen atoms in total. The third kappa shape index (κ3) is 3.83. The molecule has 26 heavy (non-hydrogen) atoms. The largest absolute Gasteiger partial charge is 0.351 e. The third-order valence-corrected chi connectivity index (χ3v) is 4.86. The van der Waals surface area contributed by atoms with Crippen molar-refractivity contribution in [1.29, 1.82) is 0 Å². The number of hydrogen-bond acceptors (Lipinski definition) is 2. The summed E-state index contributed by atoms with van der Waals surface area (Å²) >= 11 is 0. The Morgan fingerprint density at radius 2 is 1.58 bits per heavy atom. The van der Waals surface area contributed by atoms with Crippen LogP contribution in [0.15, 0.2) is 79.1 Å². The number of hydrogen-bond donors (Lipinski definition) is 1. The molecule has 0 radical (unpaired) electrons. The first-order valence-electron chi connectivity index (χ1n) is 9.12. The first-order valence-corrected chi connectivity index (χ1v) is 9.12. The highest BCUT2D eigenvalue weighted by Crippen LogP contribution is 2.39. The maximum Gasteiger partial charge on any atom is 0.232 e. The number of amides is 1. The van der Waals surface area contributed by atoms with Crippen LogP contribution in [0.3, 0.4) is 0 Å². The van der Waals surface area contributed by atoms with E-state index in [1.54, 1.807) is 0 Å². The topological polar surface area (TPSA) is 42.0 Å². The van der Waals surface area contributed by atoms with Crippen molar-refractivity contribution in [2.45, 2.75) is 31.2 Å². The van der Waals surface area contributed by atoms with Crippen LogP contribution in [0.25, 0.3) is 0 Å². The summed E-state index contributed by atoms with van der Waals surface area (Å²) < 4.78 is 0. The molecule has 0 aliphatic heterocycles. The van der Waals surface area contributed by atoms with Crippen LogP contribution >= 0.6 is 0 Å². The molecule has 0 unspecified atom stereocenters. The second-order valence-corrected chi connectivity index (χ2v) is 6.87. The van der Waals surface area contributed by atoms with Gasteiger partial charge in [-0.2, -0.15) is 0 Å². The predicted molar refractivity (Wildman–Crippen MR) is 103 cm³/mol. The lowest BCUT2D eigenvalue weighted by atomic mass is 9.90. The van der Waals surface area contributed by atoms with Gasteiger partial charge in [0.2, 0.25) is 5.91 Å². The molecule has 1 aromatic heterocycles. The molecular formula is C23H22N2O. The van der Waals surface area contributed by atoms with Crippen molar-refractivity contribution < 1.29 is 4.79 Å². The van der Waals surface area contributed by atoms with E-state index in [9.17, 15) is 4.79 Å². The number of aromatic nitrogens is 1. The molecule has 1 fully saturated rings. The van der Waals surface area contributed by atoms with Crippen LogP contribution < -0.4 is 5.32 Å². The summed E-state index contributed by atoms with van der Waals surface area (Å²) in [6, 6.07) is 22.0. The van der Waals surface area contributed by atoms with Gasteiger partial charge < -0.3 is 5.32 Å². The van der Waals surface area contributed by atoms with Gasteiger partial charge in [-0.25, -0.2) is 0 Å². The minimum absolute atomic E-state index is 0.0132. The number of rotatable bonds is 6. The van der Waals surface area contributed by atoms with Crippen molar-refractivity contribution in [2.75, 3.05) is 0 Å². The Balaban J connectivity index is 1.52.